The Morgan fingerprint density at radius 1 is 1.43 bits per heavy atom. The van der Waals surface area contributed by atoms with Crippen molar-refractivity contribution in [3.8, 4) is 0 Å². The minimum absolute atomic E-state index is 0.358. The monoisotopic (exact) mass is 289 g/mol. The molecule has 3 N–H and O–H groups in total. The second kappa shape index (κ2) is 7.57. The predicted octanol–water partition coefficient (Wildman–Crippen LogP) is 2.06. The van der Waals surface area contributed by atoms with Crippen LogP contribution in [0.5, 0.6) is 0 Å². The number of carbonyl (C=O) groups is 1. The number of hydrogen-bond acceptors (Lipinski definition) is 3. The minimum Gasteiger partial charge on any atom is -0.366 e. The van der Waals surface area contributed by atoms with Gasteiger partial charge in [-0.05, 0) is 56.1 Å². The van der Waals surface area contributed by atoms with Gasteiger partial charge in [0.1, 0.15) is 0 Å². The van der Waals surface area contributed by atoms with Crippen LogP contribution in [0.2, 0.25) is 0 Å². The number of nitrogens with zero attached hydrogens (tertiary/aromatic N) is 1. The number of carbonyl (C=O) groups excluding carboxylic acids is 1. The summed E-state index contributed by atoms with van der Waals surface area (Å²) in [5, 5.41) is 3.61. The molecule has 1 aliphatic heterocycles. The standard InChI is InChI=1S/C17H27N3O/c1-3-20(12-16-6-4-5-9-19-16)11-15-8-7-14(17(18)21)10-13(15)2/h7-8,10,16,19H,3-6,9,11-12H2,1-2H3,(H2,18,21). The van der Waals surface area contributed by atoms with Gasteiger partial charge < -0.3 is 11.1 Å². The number of hydrogen-bond donors (Lipinski definition) is 2. The number of amides is 1. The first kappa shape index (κ1) is 16.0. The quantitative estimate of drug-likeness (QED) is 0.843. The summed E-state index contributed by atoms with van der Waals surface area (Å²) < 4.78 is 0. The van der Waals surface area contributed by atoms with Crippen LogP contribution in [0.25, 0.3) is 0 Å². The first-order valence-corrected chi connectivity index (χ1v) is 7.95. The number of aryl methyl sites for hydroxylation is 1. The smallest absolute Gasteiger partial charge is 0.248 e. The topological polar surface area (TPSA) is 58.4 Å². The molecule has 4 nitrogen and oxygen atoms in total. The Balaban J connectivity index is 1.99. The van der Waals surface area contributed by atoms with Gasteiger partial charge in [-0.2, -0.15) is 0 Å². The average molecular weight is 289 g/mol. The molecular formula is C17H27N3O. The van der Waals surface area contributed by atoms with Crippen molar-refractivity contribution in [2.24, 2.45) is 5.73 Å². The van der Waals surface area contributed by atoms with Gasteiger partial charge in [0.15, 0.2) is 0 Å². The highest BCUT2D eigenvalue weighted by Gasteiger charge is 2.16. The lowest BCUT2D eigenvalue weighted by Gasteiger charge is -2.30. The molecule has 0 radical (unpaired) electrons. The summed E-state index contributed by atoms with van der Waals surface area (Å²) >= 11 is 0. The van der Waals surface area contributed by atoms with Crippen molar-refractivity contribution in [1.29, 1.82) is 0 Å². The zero-order valence-corrected chi connectivity index (χ0v) is 13.2. The van der Waals surface area contributed by atoms with Crippen LogP contribution >= 0.6 is 0 Å². The van der Waals surface area contributed by atoms with E-state index in [0.717, 1.165) is 31.7 Å². The predicted molar refractivity (Wildman–Crippen MR) is 86.3 cm³/mol. The minimum atomic E-state index is -0.358. The lowest BCUT2D eigenvalue weighted by Crippen LogP contribution is -2.43. The third-order valence-electron chi connectivity index (χ3n) is 4.36. The van der Waals surface area contributed by atoms with Crippen molar-refractivity contribution >= 4 is 5.91 Å². The van der Waals surface area contributed by atoms with Crippen molar-refractivity contribution < 1.29 is 4.79 Å². The van der Waals surface area contributed by atoms with E-state index in [1.54, 1.807) is 0 Å². The third kappa shape index (κ3) is 4.55. The summed E-state index contributed by atoms with van der Waals surface area (Å²) in [6.07, 6.45) is 3.91. The normalized spacial score (nSPS) is 18.9. The molecule has 1 saturated heterocycles. The largest absolute Gasteiger partial charge is 0.366 e. The maximum atomic E-state index is 11.2. The third-order valence-corrected chi connectivity index (χ3v) is 4.36. The maximum absolute atomic E-state index is 11.2. The highest BCUT2D eigenvalue weighted by atomic mass is 16.1. The molecule has 1 heterocycles. The molecule has 0 saturated carbocycles. The van der Waals surface area contributed by atoms with E-state index in [9.17, 15) is 4.79 Å². The van der Waals surface area contributed by atoms with Gasteiger partial charge in [0, 0.05) is 24.7 Å². The van der Waals surface area contributed by atoms with Crippen molar-refractivity contribution in [1.82, 2.24) is 10.2 Å². The van der Waals surface area contributed by atoms with Crippen LogP contribution in [0.15, 0.2) is 18.2 Å². The van der Waals surface area contributed by atoms with Crippen LogP contribution < -0.4 is 11.1 Å². The molecule has 1 aromatic rings. The molecule has 0 bridgehead atoms. The molecule has 0 aliphatic carbocycles. The molecular weight excluding hydrogens is 262 g/mol. The van der Waals surface area contributed by atoms with Crippen LogP contribution in [0.1, 0.15) is 47.7 Å². The fourth-order valence-electron chi connectivity index (χ4n) is 2.96. The first-order valence-electron chi connectivity index (χ1n) is 7.95. The molecule has 1 fully saturated rings. The Bertz CT molecular complexity index is 481. The zero-order valence-electron chi connectivity index (χ0n) is 13.2. The molecule has 2 rings (SSSR count). The number of likely N-dealkylation sites (N-methyl/N-ethyl adjacent to an activating group) is 1. The highest BCUT2D eigenvalue weighted by Crippen LogP contribution is 2.15. The van der Waals surface area contributed by atoms with Crippen LogP contribution in [-0.4, -0.2) is 36.5 Å². The van der Waals surface area contributed by atoms with Crippen LogP contribution in [-0.2, 0) is 6.54 Å². The summed E-state index contributed by atoms with van der Waals surface area (Å²) in [6.45, 7) is 8.46. The Morgan fingerprint density at radius 2 is 2.24 bits per heavy atom. The van der Waals surface area contributed by atoms with Crippen LogP contribution in [0.4, 0.5) is 0 Å². The number of benzene rings is 1. The average Bonchev–Trinajstić information content (AvgIpc) is 2.49. The Labute approximate surface area is 127 Å². The van der Waals surface area contributed by atoms with E-state index in [4.69, 9.17) is 5.73 Å². The van der Waals surface area contributed by atoms with E-state index in [1.165, 1.54) is 24.8 Å². The SMILES string of the molecule is CCN(Cc1ccc(C(N)=O)cc1C)CC1CCCCN1. The summed E-state index contributed by atoms with van der Waals surface area (Å²) in [5.41, 5.74) is 8.33. The highest BCUT2D eigenvalue weighted by molar-refractivity contribution is 5.93. The molecule has 4 heteroatoms. The van der Waals surface area contributed by atoms with Crippen molar-refractivity contribution in [2.45, 2.75) is 45.7 Å². The van der Waals surface area contributed by atoms with Gasteiger partial charge in [-0.25, -0.2) is 0 Å². The van der Waals surface area contributed by atoms with Crippen molar-refractivity contribution in [2.75, 3.05) is 19.6 Å². The molecule has 1 amide bonds. The van der Waals surface area contributed by atoms with Gasteiger partial charge in [0.05, 0.1) is 0 Å². The number of primary amides is 1. The number of rotatable bonds is 6. The van der Waals surface area contributed by atoms with E-state index in [0.29, 0.717) is 11.6 Å². The molecule has 1 unspecified atom stereocenters. The maximum Gasteiger partial charge on any atom is 0.248 e. The molecule has 0 aromatic heterocycles. The van der Waals surface area contributed by atoms with Gasteiger partial charge >= 0.3 is 0 Å². The van der Waals surface area contributed by atoms with Crippen LogP contribution in [0.3, 0.4) is 0 Å². The molecule has 1 atom stereocenters. The van der Waals surface area contributed by atoms with Gasteiger partial charge in [0.25, 0.3) is 0 Å². The van der Waals surface area contributed by atoms with E-state index >= 15 is 0 Å². The van der Waals surface area contributed by atoms with Crippen molar-refractivity contribution in [3.05, 3.63) is 34.9 Å². The summed E-state index contributed by atoms with van der Waals surface area (Å²) in [6, 6.07) is 6.37. The van der Waals surface area contributed by atoms with E-state index in [2.05, 4.69) is 24.1 Å². The van der Waals surface area contributed by atoms with E-state index < -0.39 is 0 Å². The molecule has 116 valence electrons. The number of nitrogens with two attached hydrogens (primary N) is 1. The Hall–Kier alpha value is -1.39. The molecule has 1 aliphatic rings. The number of nitrogens with one attached hydrogen (secondary N) is 1. The summed E-state index contributed by atoms with van der Waals surface area (Å²) in [4.78, 5) is 13.7. The zero-order chi connectivity index (χ0) is 15.2. The first-order chi connectivity index (χ1) is 10.1. The number of piperidine rings is 1. The van der Waals surface area contributed by atoms with Gasteiger partial charge in [-0.15, -0.1) is 0 Å². The second-order valence-electron chi connectivity index (χ2n) is 5.98. The molecule has 1 aromatic carbocycles. The van der Waals surface area contributed by atoms with E-state index in [-0.39, 0.29) is 5.91 Å². The summed E-state index contributed by atoms with van der Waals surface area (Å²) in [5.74, 6) is -0.358. The van der Waals surface area contributed by atoms with E-state index in [1.807, 2.05) is 18.2 Å². The van der Waals surface area contributed by atoms with Crippen molar-refractivity contribution in [3.63, 3.8) is 0 Å². The molecule has 0 spiro atoms. The fraction of sp³-hybridized carbons (Fsp3) is 0.588. The Morgan fingerprint density at radius 3 is 2.81 bits per heavy atom. The second-order valence-corrected chi connectivity index (χ2v) is 5.98. The fourth-order valence-corrected chi connectivity index (χ4v) is 2.96. The van der Waals surface area contributed by atoms with Gasteiger partial charge in [-0.1, -0.05) is 19.4 Å². The summed E-state index contributed by atoms with van der Waals surface area (Å²) in [7, 11) is 0. The van der Waals surface area contributed by atoms with Gasteiger partial charge in [-0.3, -0.25) is 9.69 Å². The molecule has 21 heavy (non-hydrogen) atoms. The lowest BCUT2D eigenvalue weighted by atomic mass is 10.0. The Kier molecular flexibility index (Phi) is 5.76. The van der Waals surface area contributed by atoms with Crippen LogP contribution in [0, 0.1) is 6.92 Å². The lowest BCUT2D eigenvalue weighted by molar-refractivity contribution is 0.1000. The van der Waals surface area contributed by atoms with Gasteiger partial charge in [0.2, 0.25) is 5.91 Å².